The third kappa shape index (κ3) is 4.47. The van der Waals surface area contributed by atoms with Crippen LogP contribution in [0.1, 0.15) is 18.1 Å². The fraction of sp³-hybridized carbons (Fsp3) is 0.500. The van der Waals surface area contributed by atoms with Gasteiger partial charge in [-0.05, 0) is 38.9 Å². The molecule has 1 aromatic rings. The minimum Gasteiger partial charge on any atom is -0.392 e. The van der Waals surface area contributed by atoms with Crippen molar-refractivity contribution in [1.29, 1.82) is 0 Å². The van der Waals surface area contributed by atoms with Crippen molar-refractivity contribution in [3.8, 4) is 0 Å². The van der Waals surface area contributed by atoms with Gasteiger partial charge in [0.15, 0.2) is 0 Å². The Bertz CT molecular complexity index is 396. The van der Waals surface area contributed by atoms with E-state index in [-0.39, 0.29) is 12.5 Å². The van der Waals surface area contributed by atoms with Crippen molar-refractivity contribution in [2.24, 2.45) is 0 Å². The second-order valence-corrected chi connectivity index (χ2v) is 4.86. The van der Waals surface area contributed by atoms with Crippen molar-refractivity contribution in [3.63, 3.8) is 0 Å². The number of carbonyl (C=O) groups is 1. The van der Waals surface area contributed by atoms with Gasteiger partial charge in [0.1, 0.15) is 0 Å². The lowest BCUT2D eigenvalue weighted by Gasteiger charge is -2.18. The first-order valence-corrected chi connectivity index (χ1v) is 6.13. The highest BCUT2D eigenvalue weighted by Gasteiger charge is 2.11. The number of aliphatic hydroxyl groups excluding tert-OH is 1. The van der Waals surface area contributed by atoms with Crippen molar-refractivity contribution in [2.75, 3.05) is 25.5 Å². The molecule has 1 rings (SSSR count). The maximum Gasteiger partial charge on any atom is 0.238 e. The summed E-state index contributed by atoms with van der Waals surface area (Å²) in [4.78, 5) is 13.7. The van der Waals surface area contributed by atoms with Gasteiger partial charge in [-0.1, -0.05) is 18.2 Å². The predicted molar refractivity (Wildman–Crippen MR) is 73.7 cm³/mol. The second-order valence-electron chi connectivity index (χ2n) is 4.86. The minimum absolute atomic E-state index is 0.0597. The molecule has 0 radical (unpaired) electrons. The summed E-state index contributed by atoms with van der Waals surface area (Å²) >= 11 is 0. The summed E-state index contributed by atoms with van der Waals surface area (Å²) in [7, 11) is 1.82. The van der Waals surface area contributed by atoms with Gasteiger partial charge in [-0.2, -0.15) is 0 Å². The SMILES string of the molecule is Cc1cccc(C)c1NC(=O)CN(C)CC(C)O. The standard InChI is InChI=1S/C14H22N2O2/c1-10-6-5-7-11(2)14(10)15-13(18)9-16(4)8-12(3)17/h5-7,12,17H,8-9H2,1-4H3,(H,15,18). The van der Waals surface area contributed by atoms with Crippen LogP contribution in [0.5, 0.6) is 0 Å². The highest BCUT2D eigenvalue weighted by Crippen LogP contribution is 2.19. The van der Waals surface area contributed by atoms with Gasteiger partial charge < -0.3 is 10.4 Å². The van der Waals surface area contributed by atoms with E-state index >= 15 is 0 Å². The normalized spacial score (nSPS) is 12.6. The third-order valence-electron chi connectivity index (χ3n) is 2.73. The Morgan fingerprint density at radius 3 is 2.44 bits per heavy atom. The summed E-state index contributed by atoms with van der Waals surface area (Å²) in [6.07, 6.45) is -0.428. The smallest absolute Gasteiger partial charge is 0.238 e. The number of rotatable bonds is 5. The fourth-order valence-electron chi connectivity index (χ4n) is 1.95. The number of aryl methyl sites for hydroxylation is 2. The van der Waals surface area contributed by atoms with Gasteiger partial charge >= 0.3 is 0 Å². The number of carbonyl (C=O) groups excluding carboxylic acids is 1. The molecule has 0 aromatic heterocycles. The van der Waals surface area contributed by atoms with Gasteiger partial charge in [-0.3, -0.25) is 9.69 Å². The maximum absolute atomic E-state index is 11.9. The van der Waals surface area contributed by atoms with Crippen LogP contribution in [0.4, 0.5) is 5.69 Å². The molecule has 1 atom stereocenters. The number of amides is 1. The molecule has 0 aliphatic carbocycles. The summed E-state index contributed by atoms with van der Waals surface area (Å²) < 4.78 is 0. The van der Waals surface area contributed by atoms with Crippen LogP contribution in [0.2, 0.25) is 0 Å². The first kappa shape index (κ1) is 14.7. The average molecular weight is 250 g/mol. The number of aliphatic hydroxyl groups is 1. The zero-order valence-electron chi connectivity index (χ0n) is 11.5. The number of likely N-dealkylation sites (N-methyl/N-ethyl adjacent to an activating group) is 1. The molecule has 0 saturated carbocycles. The number of nitrogens with zero attached hydrogens (tertiary/aromatic N) is 1. The predicted octanol–water partition coefficient (Wildman–Crippen LogP) is 1.55. The molecule has 0 bridgehead atoms. The van der Waals surface area contributed by atoms with Gasteiger partial charge in [0.25, 0.3) is 0 Å². The summed E-state index contributed by atoms with van der Waals surface area (Å²) in [5.41, 5.74) is 3.00. The Morgan fingerprint density at radius 1 is 1.39 bits per heavy atom. The number of anilines is 1. The van der Waals surface area contributed by atoms with Crippen LogP contribution in [0.3, 0.4) is 0 Å². The zero-order chi connectivity index (χ0) is 13.7. The molecule has 1 unspecified atom stereocenters. The molecule has 1 aromatic carbocycles. The first-order chi connectivity index (χ1) is 8.40. The lowest BCUT2D eigenvalue weighted by molar-refractivity contribution is -0.117. The Kier molecular flexibility index (Phi) is 5.31. The molecular weight excluding hydrogens is 228 g/mol. The zero-order valence-corrected chi connectivity index (χ0v) is 11.5. The van der Waals surface area contributed by atoms with Crippen molar-refractivity contribution in [2.45, 2.75) is 26.9 Å². The van der Waals surface area contributed by atoms with E-state index in [0.29, 0.717) is 6.54 Å². The van der Waals surface area contributed by atoms with Crippen LogP contribution in [0.25, 0.3) is 0 Å². The molecule has 0 saturated heterocycles. The van der Waals surface area contributed by atoms with E-state index in [2.05, 4.69) is 5.32 Å². The van der Waals surface area contributed by atoms with E-state index in [9.17, 15) is 9.90 Å². The van der Waals surface area contributed by atoms with Crippen LogP contribution in [0.15, 0.2) is 18.2 Å². The van der Waals surface area contributed by atoms with Crippen LogP contribution < -0.4 is 5.32 Å². The summed E-state index contributed by atoms with van der Waals surface area (Å²) in [6.45, 7) is 6.42. The largest absolute Gasteiger partial charge is 0.392 e. The van der Waals surface area contributed by atoms with E-state index in [0.717, 1.165) is 16.8 Å². The summed E-state index contributed by atoms with van der Waals surface area (Å²) in [6, 6.07) is 5.92. The highest BCUT2D eigenvalue weighted by molar-refractivity contribution is 5.93. The monoisotopic (exact) mass is 250 g/mol. The average Bonchev–Trinajstić information content (AvgIpc) is 2.22. The molecule has 1 amide bonds. The van der Waals surface area contributed by atoms with Gasteiger partial charge in [-0.25, -0.2) is 0 Å². The molecule has 100 valence electrons. The Hall–Kier alpha value is -1.39. The van der Waals surface area contributed by atoms with Crippen molar-refractivity contribution in [1.82, 2.24) is 4.90 Å². The number of hydrogen-bond donors (Lipinski definition) is 2. The second kappa shape index (κ2) is 6.52. The molecule has 4 nitrogen and oxygen atoms in total. The third-order valence-corrected chi connectivity index (χ3v) is 2.73. The quantitative estimate of drug-likeness (QED) is 0.833. The van der Waals surface area contributed by atoms with Gasteiger partial charge in [0.05, 0.1) is 12.6 Å². The number of para-hydroxylation sites is 1. The molecule has 0 aliphatic rings. The van der Waals surface area contributed by atoms with E-state index in [1.54, 1.807) is 11.8 Å². The van der Waals surface area contributed by atoms with Crippen LogP contribution in [-0.2, 0) is 4.79 Å². The molecular formula is C14H22N2O2. The molecule has 0 heterocycles. The number of benzene rings is 1. The van der Waals surface area contributed by atoms with E-state index in [4.69, 9.17) is 0 Å². The van der Waals surface area contributed by atoms with Crippen LogP contribution >= 0.6 is 0 Å². The molecule has 18 heavy (non-hydrogen) atoms. The van der Waals surface area contributed by atoms with Crippen LogP contribution in [0, 0.1) is 13.8 Å². The Labute approximate surface area is 109 Å². The Balaban J connectivity index is 2.60. The number of nitrogens with one attached hydrogen (secondary N) is 1. The summed E-state index contributed by atoms with van der Waals surface area (Å²) in [5.74, 6) is -0.0597. The van der Waals surface area contributed by atoms with E-state index < -0.39 is 6.10 Å². The lowest BCUT2D eigenvalue weighted by Crippen LogP contribution is -2.34. The van der Waals surface area contributed by atoms with Gasteiger partial charge in [-0.15, -0.1) is 0 Å². The first-order valence-electron chi connectivity index (χ1n) is 6.13. The number of hydrogen-bond acceptors (Lipinski definition) is 3. The van der Waals surface area contributed by atoms with Crippen molar-refractivity contribution < 1.29 is 9.90 Å². The minimum atomic E-state index is -0.428. The fourth-order valence-corrected chi connectivity index (χ4v) is 1.95. The molecule has 4 heteroatoms. The van der Waals surface area contributed by atoms with E-state index in [1.807, 2.05) is 39.1 Å². The highest BCUT2D eigenvalue weighted by atomic mass is 16.3. The van der Waals surface area contributed by atoms with Crippen LogP contribution in [-0.4, -0.2) is 42.2 Å². The summed E-state index contributed by atoms with van der Waals surface area (Å²) in [5, 5.41) is 12.2. The molecule has 0 aliphatic heterocycles. The van der Waals surface area contributed by atoms with E-state index in [1.165, 1.54) is 0 Å². The molecule has 2 N–H and O–H groups in total. The Morgan fingerprint density at radius 2 is 1.94 bits per heavy atom. The topological polar surface area (TPSA) is 52.6 Å². The van der Waals surface area contributed by atoms with Gasteiger partial charge in [0, 0.05) is 12.2 Å². The maximum atomic E-state index is 11.9. The lowest BCUT2D eigenvalue weighted by atomic mass is 10.1. The van der Waals surface area contributed by atoms with Crippen molar-refractivity contribution >= 4 is 11.6 Å². The van der Waals surface area contributed by atoms with Gasteiger partial charge in [0.2, 0.25) is 5.91 Å². The molecule has 0 spiro atoms. The van der Waals surface area contributed by atoms with Crippen molar-refractivity contribution in [3.05, 3.63) is 29.3 Å². The molecule has 0 fully saturated rings.